The summed E-state index contributed by atoms with van der Waals surface area (Å²) in [5, 5.41) is 0. The molecule has 0 spiro atoms. The maximum absolute atomic E-state index is 12.7. The normalized spacial score (nSPS) is 10.2. The van der Waals surface area contributed by atoms with Gasteiger partial charge >= 0.3 is 0 Å². The average Bonchev–Trinajstić information content (AvgIpc) is 2.35. The number of hydrogen-bond donors (Lipinski definition) is 1. The minimum atomic E-state index is -0.559. The highest BCUT2D eigenvalue weighted by Crippen LogP contribution is 2.30. The van der Waals surface area contributed by atoms with Gasteiger partial charge in [0.25, 0.3) is 0 Å². The van der Waals surface area contributed by atoms with Gasteiger partial charge in [-0.1, -0.05) is 0 Å². The van der Waals surface area contributed by atoms with Crippen LogP contribution in [0, 0.1) is 0 Å². The first-order chi connectivity index (χ1) is 7.76. The molecule has 0 aliphatic rings. The van der Waals surface area contributed by atoms with Crippen molar-refractivity contribution >= 4 is 0 Å². The van der Waals surface area contributed by atoms with Gasteiger partial charge in [0, 0.05) is 5.56 Å². The predicted octanol–water partition coefficient (Wildman–Crippen LogP) is 2.06. The highest BCUT2D eigenvalue weighted by molar-refractivity contribution is 5.46. The van der Waals surface area contributed by atoms with Crippen molar-refractivity contribution in [3.05, 3.63) is 23.3 Å². The molecule has 1 aromatic carbocycles. The van der Waals surface area contributed by atoms with Crippen molar-refractivity contribution in [3.8, 4) is 11.5 Å². The molecule has 0 amide bonds. The molecule has 0 saturated heterocycles. The van der Waals surface area contributed by atoms with E-state index in [1.807, 2.05) is 6.07 Å². The second-order valence-electron chi connectivity index (χ2n) is 3.50. The summed E-state index contributed by atoms with van der Waals surface area (Å²) < 4.78 is 23.1. The lowest BCUT2D eigenvalue weighted by Gasteiger charge is -2.13. The van der Waals surface area contributed by atoms with Gasteiger partial charge in [0.05, 0.1) is 14.2 Å². The number of alkyl halides is 1. The molecule has 0 aliphatic heterocycles. The van der Waals surface area contributed by atoms with Crippen LogP contribution in [-0.4, -0.2) is 20.8 Å². The van der Waals surface area contributed by atoms with Crippen molar-refractivity contribution < 1.29 is 13.9 Å². The third kappa shape index (κ3) is 2.85. The minimum absolute atomic E-state index is 0.510. The number of rotatable bonds is 6. The Kier molecular flexibility index (Phi) is 5.05. The summed E-state index contributed by atoms with van der Waals surface area (Å²) in [6, 6.07) is 3.51. The van der Waals surface area contributed by atoms with E-state index in [0.29, 0.717) is 23.6 Å². The molecule has 2 N–H and O–H groups in total. The van der Waals surface area contributed by atoms with E-state index < -0.39 is 6.67 Å². The van der Waals surface area contributed by atoms with E-state index in [4.69, 9.17) is 15.2 Å². The largest absolute Gasteiger partial charge is 0.496 e. The molecule has 1 rings (SSSR count). The van der Waals surface area contributed by atoms with Crippen LogP contribution in [0.2, 0.25) is 0 Å². The van der Waals surface area contributed by atoms with Crippen LogP contribution < -0.4 is 15.2 Å². The highest BCUT2D eigenvalue weighted by atomic mass is 19.1. The third-order valence-corrected chi connectivity index (χ3v) is 2.48. The Morgan fingerprint density at radius 1 is 1.12 bits per heavy atom. The second kappa shape index (κ2) is 6.33. The summed E-state index contributed by atoms with van der Waals surface area (Å²) >= 11 is 0. The Bertz CT molecular complexity index is 342. The standard InChI is InChI=1S/C12H18FNO2/c1-15-11-7-10(8-13)12(16-2)6-9(11)4-3-5-14/h6-7H,3-5,8,14H2,1-2H3. The van der Waals surface area contributed by atoms with Crippen LogP contribution in [0.15, 0.2) is 12.1 Å². The summed E-state index contributed by atoms with van der Waals surface area (Å²) in [5.41, 5.74) is 6.97. The fourth-order valence-corrected chi connectivity index (χ4v) is 1.62. The number of halogens is 1. The van der Waals surface area contributed by atoms with Crippen LogP contribution in [0.1, 0.15) is 17.5 Å². The minimum Gasteiger partial charge on any atom is -0.496 e. The fourth-order valence-electron chi connectivity index (χ4n) is 1.62. The first-order valence-corrected chi connectivity index (χ1v) is 5.26. The zero-order chi connectivity index (χ0) is 12.0. The molecular weight excluding hydrogens is 209 g/mol. The lowest BCUT2D eigenvalue weighted by atomic mass is 10.0. The summed E-state index contributed by atoms with van der Waals surface area (Å²) in [5.74, 6) is 1.26. The van der Waals surface area contributed by atoms with Crippen LogP contribution in [0.3, 0.4) is 0 Å². The molecule has 0 aliphatic carbocycles. The molecule has 90 valence electrons. The van der Waals surface area contributed by atoms with E-state index in [2.05, 4.69) is 0 Å². The maximum atomic E-state index is 12.7. The Hall–Kier alpha value is -1.29. The second-order valence-corrected chi connectivity index (χ2v) is 3.50. The van der Waals surface area contributed by atoms with E-state index in [1.165, 1.54) is 7.11 Å². The number of nitrogens with two attached hydrogens (primary N) is 1. The van der Waals surface area contributed by atoms with Crippen molar-refractivity contribution in [1.82, 2.24) is 0 Å². The molecule has 1 aromatic rings. The zero-order valence-corrected chi connectivity index (χ0v) is 9.75. The van der Waals surface area contributed by atoms with Gasteiger partial charge in [-0.05, 0) is 37.1 Å². The van der Waals surface area contributed by atoms with E-state index in [0.717, 1.165) is 18.4 Å². The van der Waals surface area contributed by atoms with Crippen molar-refractivity contribution in [1.29, 1.82) is 0 Å². The lowest BCUT2D eigenvalue weighted by Crippen LogP contribution is -2.03. The fraction of sp³-hybridized carbons (Fsp3) is 0.500. The van der Waals surface area contributed by atoms with Gasteiger partial charge in [-0.3, -0.25) is 0 Å². The van der Waals surface area contributed by atoms with Crippen LogP contribution in [0.4, 0.5) is 4.39 Å². The van der Waals surface area contributed by atoms with E-state index in [1.54, 1.807) is 13.2 Å². The van der Waals surface area contributed by atoms with Gasteiger partial charge in [-0.25, -0.2) is 4.39 Å². The molecule has 0 radical (unpaired) electrons. The highest BCUT2D eigenvalue weighted by Gasteiger charge is 2.10. The molecule has 0 heterocycles. The van der Waals surface area contributed by atoms with Crippen LogP contribution in [0.25, 0.3) is 0 Å². The predicted molar refractivity (Wildman–Crippen MR) is 61.7 cm³/mol. The van der Waals surface area contributed by atoms with Crippen LogP contribution >= 0.6 is 0 Å². The molecule has 0 atom stereocenters. The molecular formula is C12H18FNO2. The SMILES string of the molecule is COc1cc(CCCN)c(OC)cc1CF. The van der Waals surface area contributed by atoms with Gasteiger partial charge < -0.3 is 15.2 Å². The number of methoxy groups -OCH3 is 2. The van der Waals surface area contributed by atoms with E-state index >= 15 is 0 Å². The monoisotopic (exact) mass is 227 g/mol. The number of ether oxygens (including phenoxy) is 2. The molecule has 0 aromatic heterocycles. The van der Waals surface area contributed by atoms with Gasteiger partial charge in [-0.2, -0.15) is 0 Å². The molecule has 0 bridgehead atoms. The molecule has 4 heteroatoms. The molecule has 3 nitrogen and oxygen atoms in total. The molecule has 16 heavy (non-hydrogen) atoms. The van der Waals surface area contributed by atoms with Gasteiger partial charge in [0.1, 0.15) is 18.2 Å². The van der Waals surface area contributed by atoms with Crippen LogP contribution in [0.5, 0.6) is 11.5 Å². The maximum Gasteiger partial charge on any atom is 0.125 e. The van der Waals surface area contributed by atoms with Crippen molar-refractivity contribution in [3.63, 3.8) is 0 Å². The molecule has 0 fully saturated rings. The first-order valence-electron chi connectivity index (χ1n) is 5.26. The van der Waals surface area contributed by atoms with Crippen LogP contribution in [-0.2, 0) is 13.1 Å². The van der Waals surface area contributed by atoms with Crippen molar-refractivity contribution in [2.45, 2.75) is 19.5 Å². The average molecular weight is 227 g/mol. The van der Waals surface area contributed by atoms with E-state index in [9.17, 15) is 4.39 Å². The summed E-state index contributed by atoms with van der Waals surface area (Å²) in [6.45, 7) is 0.0625. The molecule has 0 saturated carbocycles. The van der Waals surface area contributed by atoms with Gasteiger partial charge in [-0.15, -0.1) is 0 Å². The van der Waals surface area contributed by atoms with Gasteiger partial charge in [0.2, 0.25) is 0 Å². The van der Waals surface area contributed by atoms with Crippen molar-refractivity contribution in [2.24, 2.45) is 5.73 Å². The Labute approximate surface area is 95.4 Å². The van der Waals surface area contributed by atoms with Gasteiger partial charge in [0.15, 0.2) is 0 Å². The first kappa shape index (κ1) is 12.8. The number of hydrogen-bond acceptors (Lipinski definition) is 3. The summed E-state index contributed by atoms with van der Waals surface area (Å²) in [4.78, 5) is 0. The molecule has 0 unspecified atom stereocenters. The number of aryl methyl sites for hydroxylation is 1. The van der Waals surface area contributed by atoms with Crippen molar-refractivity contribution in [2.75, 3.05) is 20.8 Å². The smallest absolute Gasteiger partial charge is 0.125 e. The quantitative estimate of drug-likeness (QED) is 0.809. The zero-order valence-electron chi connectivity index (χ0n) is 9.75. The Morgan fingerprint density at radius 3 is 2.19 bits per heavy atom. The van der Waals surface area contributed by atoms with E-state index in [-0.39, 0.29) is 0 Å². The Morgan fingerprint density at radius 2 is 1.69 bits per heavy atom. The summed E-state index contributed by atoms with van der Waals surface area (Å²) in [6.07, 6.45) is 1.68. The number of benzene rings is 1. The third-order valence-electron chi connectivity index (χ3n) is 2.48. The Balaban J connectivity index is 3.05. The lowest BCUT2D eigenvalue weighted by molar-refractivity contribution is 0.382. The topological polar surface area (TPSA) is 44.5 Å². The summed E-state index contributed by atoms with van der Waals surface area (Å²) in [7, 11) is 3.11.